The van der Waals surface area contributed by atoms with Crippen LogP contribution in [0.25, 0.3) is 0 Å². The number of rotatable bonds is 34. The highest BCUT2D eigenvalue weighted by atomic mass is 16.6. The van der Waals surface area contributed by atoms with Gasteiger partial charge in [0.25, 0.3) is 0 Å². The number of Topliss-reactive ketones (excluding diaryl/α,β-unsaturated/α-hetero) is 1. The van der Waals surface area contributed by atoms with Crippen molar-refractivity contribution in [2.75, 3.05) is 61.4 Å². The minimum atomic E-state index is -0.0776. The number of aliphatic imine (C=N–C) groups is 2. The average molecular weight is 1950 g/mol. The number of nitrogens with one attached hydrogen (secondary N) is 16. The number of aromatic nitrogens is 17. The maximum atomic E-state index is 12.3. The van der Waals surface area contributed by atoms with Crippen LogP contribution in [0.1, 0.15) is 306 Å². The predicted octanol–water partition coefficient (Wildman–Crippen LogP) is 19.2. The molecule has 9 aromatic heterocycles. The highest BCUT2D eigenvalue weighted by Crippen LogP contribution is 2.41. The third kappa shape index (κ3) is 30.0. The van der Waals surface area contributed by atoms with E-state index in [4.69, 9.17) is 37.6 Å². The van der Waals surface area contributed by atoms with Crippen LogP contribution >= 0.6 is 0 Å². The normalized spacial score (nSPS) is 21.5. The molecule has 1 aliphatic heterocycles. The van der Waals surface area contributed by atoms with Gasteiger partial charge in [-0.3, -0.25) is 35.0 Å². The first kappa shape index (κ1) is 100. The number of guanidine groups is 2. The van der Waals surface area contributed by atoms with E-state index in [-0.39, 0.29) is 54.2 Å². The summed E-state index contributed by atoms with van der Waals surface area (Å²) in [6, 6.07) is 40.8. The Labute approximate surface area is 840 Å². The monoisotopic (exact) mass is 1950 g/mol. The van der Waals surface area contributed by atoms with Gasteiger partial charge in [-0.25, -0.2) is 29.9 Å². The highest BCUT2D eigenvalue weighted by molar-refractivity contribution is 6.08. The molecule has 1 atom stereocenters. The number of anilines is 13. The number of nitriles is 2. The summed E-state index contributed by atoms with van der Waals surface area (Å²) in [6.07, 6.45) is 47.8. The summed E-state index contributed by atoms with van der Waals surface area (Å²) < 4.78 is 0. The van der Waals surface area contributed by atoms with Crippen LogP contribution in [0, 0.1) is 51.2 Å². The molecule has 754 valence electrons. The van der Waals surface area contributed by atoms with Crippen molar-refractivity contribution in [1.82, 2.24) is 96.0 Å². The smallest absolute Gasteiger partial charge is 0.225 e. The number of carbonyl (C=O) groups excluding carboxylic acids is 2. The number of H-pyrrole nitrogens is 4. The predicted molar refractivity (Wildman–Crippen MR) is 560 cm³/mol. The number of carbonyl (C=O) groups is 2. The molecule has 39 heteroatoms. The first-order valence-corrected chi connectivity index (χ1v) is 51.8. The Morgan fingerprint density at radius 1 is 0.424 bits per heavy atom. The van der Waals surface area contributed by atoms with Crippen LogP contribution in [-0.2, 0) is 4.79 Å². The van der Waals surface area contributed by atoms with E-state index >= 15 is 0 Å². The molecule has 1 saturated heterocycles. The lowest BCUT2D eigenvalue weighted by molar-refractivity contribution is -0.129. The third-order valence-electron chi connectivity index (χ3n) is 29.2. The van der Waals surface area contributed by atoms with Crippen LogP contribution in [0.15, 0.2) is 156 Å². The van der Waals surface area contributed by atoms with Crippen molar-refractivity contribution in [2.24, 2.45) is 39.2 Å². The van der Waals surface area contributed by atoms with Crippen LogP contribution in [0.4, 0.5) is 76.0 Å². The first-order valence-electron chi connectivity index (χ1n) is 51.8. The lowest BCUT2D eigenvalue weighted by Crippen LogP contribution is -2.37. The molecule has 20 rings (SSSR count). The van der Waals surface area contributed by atoms with Gasteiger partial charge in [0.15, 0.2) is 40.8 Å². The zero-order valence-corrected chi connectivity index (χ0v) is 82.2. The second-order valence-corrected chi connectivity index (χ2v) is 39.9. The molecule has 144 heavy (non-hydrogen) atoms. The Balaban J connectivity index is 0.000000132. The van der Waals surface area contributed by atoms with Crippen molar-refractivity contribution in [3.8, 4) is 17.9 Å². The van der Waals surface area contributed by atoms with E-state index in [1.807, 2.05) is 43.4 Å². The largest absolute Gasteiger partial charge is 0.379 e. The van der Waals surface area contributed by atoms with Crippen molar-refractivity contribution in [3.63, 3.8) is 0 Å². The number of hydroxylamine groups is 1. The van der Waals surface area contributed by atoms with Crippen molar-refractivity contribution >= 4 is 111 Å². The Hall–Kier alpha value is -15.1. The standard InChI is InChI=1S/C27H34N8O.C26H32N10O.C26H32N10.C26H38N8O/c28-20(16-24(36)22-7-3-4-13-29-22)15-18-8-10-21(11-9-18)31-27-30-14-12-25(33-27)32-26-17-23(34-35-26)19-5-1-2-6-19;27-16-17-4-3-7-21(14-17)37-36-25(28)30-19-8-10-20(11-9-19)31-26-29-13-12-23(33-26)32-24-15-22(34-35-24)18-5-1-2-6-18;27-16-17-4-3-7-21(14-17)31-25(28)30-19-8-10-20(11-9-19)32-26-29-13-12-23(34-26)33-24-15-22(35-36-24)18-5-1-2-6-18;1-34-13-11-19(25(34)35)15-20(27)14-17-6-8-21(9-7-17)29-26-28-12-10-23(31-26)30-24-16-22(32-33-24)18-4-2-3-5-18/h3-4,7,12-14,17-19,21,28H,1-2,5-6,8-11,15-16H2,(H3,30,31,32,33,34,35);3-4,7,12-15,18-20H,1-2,5-6,8-11H2,(H3,28,30,36)(H3,29,31,32,33,34,35);3-4,7,12-15,18-20H,1-2,5-6,8-11H2,(H3,28,30,31)(H3,29,32,33,34,35,36);10,12,16-19,21,27H,2-9,11,13-15H2,1H3,(H3,28,29,30,31,32,33). The fraction of sp³-hybridized carbons (Fsp3) is 0.495. The molecule has 2 aromatic carbocycles. The topological polar surface area (TPSA) is 570 Å². The van der Waals surface area contributed by atoms with Gasteiger partial charge in [0, 0.05) is 169 Å². The fourth-order valence-electron chi connectivity index (χ4n) is 21.4. The molecule has 10 heterocycles. The van der Waals surface area contributed by atoms with Crippen LogP contribution in [0.3, 0.4) is 0 Å². The molecule has 20 N–H and O–H groups in total. The molecule has 1 amide bonds. The van der Waals surface area contributed by atoms with Gasteiger partial charge >= 0.3 is 0 Å². The number of nitrogens with zero attached hydrogens (tertiary/aromatic N) is 18. The molecule has 11 aromatic rings. The van der Waals surface area contributed by atoms with E-state index in [1.165, 1.54) is 126 Å². The number of pyridine rings is 1. The molecule has 0 bridgehead atoms. The van der Waals surface area contributed by atoms with Gasteiger partial charge in [0.05, 0.1) is 41.8 Å². The van der Waals surface area contributed by atoms with Crippen molar-refractivity contribution in [3.05, 3.63) is 186 Å². The minimum Gasteiger partial charge on any atom is -0.379 e. The molecule has 8 aliphatic carbocycles. The second kappa shape index (κ2) is 50.6. The lowest BCUT2D eigenvalue weighted by atomic mass is 9.82. The number of likely N-dealkylation sites (tertiary alicyclic amines) is 1. The maximum absolute atomic E-state index is 12.3. The van der Waals surface area contributed by atoms with Crippen molar-refractivity contribution < 1.29 is 14.4 Å². The molecule has 39 nitrogen and oxygen atoms in total. The van der Waals surface area contributed by atoms with Crippen LogP contribution in [0.2, 0.25) is 0 Å². The summed E-state index contributed by atoms with van der Waals surface area (Å²) in [5.74, 6) is 13.1. The van der Waals surface area contributed by atoms with Gasteiger partial charge in [-0.05, 0) is 258 Å². The Bertz CT molecular complexity index is 6140. The molecule has 9 fully saturated rings. The molecule has 1 unspecified atom stereocenters. The molecular formula is C105H136N36O3. The molecule has 0 radical (unpaired) electrons. The SMILES string of the molecule is CN1CCC(CC(=N)CC2CCC(Nc3nccc(Nc4cc(C5CCCC5)[nH]n4)n3)CC2)C1=O.N#Cc1cccc(NC(N)=NC2CCC(Nc3nccc(Nc4cc(C5CCCC5)[nH]n4)n3)CC2)c1.N#Cc1cccc(ONC(N)=NC2CCC(Nc3nccc(Nc4cc(C5CCCC5)[nH]n4)n3)CC2)c1.N=C(CC(=O)c1ccccn1)CC1CCC(Nc2nccc(Nc3cc(C4CCCC4)[nH]n3)n2)CC1. The van der Waals surface area contributed by atoms with Crippen LogP contribution < -0.4 is 69.6 Å². The number of hydrogen-bond acceptors (Lipinski definition) is 30. The summed E-state index contributed by atoms with van der Waals surface area (Å²) in [7, 11) is 1.86. The number of benzene rings is 2. The summed E-state index contributed by atoms with van der Waals surface area (Å²) in [5, 5.41) is 95.3. The number of amides is 1. The number of nitrogens with two attached hydrogens (primary N) is 2. The van der Waals surface area contributed by atoms with E-state index in [0.29, 0.717) is 124 Å². The van der Waals surface area contributed by atoms with Gasteiger partial charge in [0.2, 0.25) is 35.7 Å². The van der Waals surface area contributed by atoms with E-state index in [0.717, 1.165) is 174 Å². The quantitative estimate of drug-likeness (QED) is 0.00771. The van der Waals surface area contributed by atoms with Gasteiger partial charge in [-0.15, -0.1) is 0 Å². The number of hydrogen-bond donors (Lipinski definition) is 18. The van der Waals surface area contributed by atoms with Gasteiger partial charge < -0.3 is 79.9 Å². The molecule has 8 saturated carbocycles. The Morgan fingerprint density at radius 3 is 1.19 bits per heavy atom. The van der Waals surface area contributed by atoms with Crippen molar-refractivity contribution in [1.29, 1.82) is 21.3 Å². The van der Waals surface area contributed by atoms with Gasteiger partial charge in [0.1, 0.15) is 29.0 Å². The van der Waals surface area contributed by atoms with E-state index in [9.17, 15) is 9.59 Å². The second-order valence-electron chi connectivity index (χ2n) is 39.9. The first-order chi connectivity index (χ1) is 70.4. The Kier molecular flexibility index (Phi) is 35.3. The van der Waals surface area contributed by atoms with Crippen LogP contribution in [0.5, 0.6) is 5.75 Å². The molecule has 9 aliphatic rings. The Morgan fingerprint density at radius 2 is 0.806 bits per heavy atom. The summed E-state index contributed by atoms with van der Waals surface area (Å²) in [4.78, 5) is 81.1. The maximum Gasteiger partial charge on any atom is 0.225 e. The van der Waals surface area contributed by atoms with E-state index < -0.39 is 0 Å². The molecular weight excluding hydrogens is 1810 g/mol. The summed E-state index contributed by atoms with van der Waals surface area (Å²) in [6.45, 7) is 0.829. The summed E-state index contributed by atoms with van der Waals surface area (Å²) in [5.41, 5.74) is 23.1. The van der Waals surface area contributed by atoms with Crippen molar-refractivity contribution in [2.45, 2.75) is 297 Å². The van der Waals surface area contributed by atoms with E-state index in [1.54, 1.807) is 90.5 Å². The molecule has 0 spiro atoms. The highest BCUT2D eigenvalue weighted by Gasteiger charge is 2.34. The minimum absolute atomic E-state index is 0.0271. The van der Waals surface area contributed by atoms with Gasteiger partial charge in [-0.2, -0.15) is 56.3 Å². The number of ketones is 1. The zero-order valence-electron chi connectivity index (χ0n) is 82.2. The summed E-state index contributed by atoms with van der Waals surface area (Å²) >= 11 is 0. The fourth-order valence-corrected chi connectivity index (χ4v) is 21.4. The van der Waals surface area contributed by atoms with Gasteiger partial charge in [-0.1, -0.05) is 69.6 Å². The average Bonchev–Trinajstić information content (AvgIpc) is 1.70. The third-order valence-corrected chi connectivity index (χ3v) is 29.2. The van der Waals surface area contributed by atoms with E-state index in [2.05, 4.69) is 185 Å². The lowest BCUT2D eigenvalue weighted by Gasteiger charge is -2.29. The zero-order chi connectivity index (χ0) is 99.1. The number of aromatic amines is 4. The van der Waals surface area contributed by atoms with Crippen LogP contribution in [-0.4, -0.2) is 175 Å².